The van der Waals surface area contributed by atoms with Crippen LogP contribution < -0.4 is 10.2 Å². The van der Waals surface area contributed by atoms with Crippen molar-refractivity contribution in [1.82, 2.24) is 20.0 Å². The van der Waals surface area contributed by atoms with Crippen molar-refractivity contribution >= 4 is 35.4 Å². The molecule has 220 valence electrons. The lowest BCUT2D eigenvalue weighted by Gasteiger charge is -2.39. The van der Waals surface area contributed by atoms with Gasteiger partial charge in [0.25, 0.3) is 11.8 Å². The van der Waals surface area contributed by atoms with Crippen LogP contribution in [0, 0.1) is 5.92 Å². The highest BCUT2D eigenvalue weighted by Crippen LogP contribution is 2.36. The van der Waals surface area contributed by atoms with Crippen LogP contribution in [0.2, 0.25) is 0 Å². The summed E-state index contributed by atoms with van der Waals surface area (Å²) in [5.74, 6) is -1.45. The maximum atomic E-state index is 13.5. The number of piperidine rings is 2. The highest BCUT2D eigenvalue weighted by atomic mass is 16.6. The monoisotopic (exact) mass is 573 g/mol. The van der Waals surface area contributed by atoms with E-state index in [2.05, 4.69) is 15.1 Å². The second kappa shape index (κ2) is 11.9. The highest BCUT2D eigenvalue weighted by Gasteiger charge is 2.46. The van der Waals surface area contributed by atoms with E-state index in [0.717, 1.165) is 61.7 Å². The van der Waals surface area contributed by atoms with Crippen LogP contribution in [0.15, 0.2) is 48.5 Å². The fourth-order valence-corrected chi connectivity index (χ4v) is 6.41. The van der Waals surface area contributed by atoms with E-state index in [4.69, 9.17) is 4.74 Å². The van der Waals surface area contributed by atoms with Crippen LogP contribution in [-0.4, -0.2) is 96.3 Å². The lowest BCUT2D eigenvalue weighted by Crippen LogP contribution is -2.54. The van der Waals surface area contributed by atoms with Crippen molar-refractivity contribution in [2.45, 2.75) is 38.3 Å². The first-order valence-electron chi connectivity index (χ1n) is 14.7. The Morgan fingerprint density at radius 2 is 1.57 bits per heavy atom. The Morgan fingerprint density at radius 1 is 0.833 bits per heavy atom. The van der Waals surface area contributed by atoms with E-state index >= 15 is 0 Å². The summed E-state index contributed by atoms with van der Waals surface area (Å²) in [6.07, 6.45) is 1.85. The minimum Gasteiger partial charge on any atom is -0.445 e. The summed E-state index contributed by atoms with van der Waals surface area (Å²) >= 11 is 0. The van der Waals surface area contributed by atoms with Gasteiger partial charge in [-0.15, -0.1) is 0 Å². The summed E-state index contributed by atoms with van der Waals surface area (Å²) in [5, 5.41) is 2.25. The molecule has 4 heterocycles. The first-order chi connectivity index (χ1) is 20.4. The van der Waals surface area contributed by atoms with Crippen molar-refractivity contribution in [1.29, 1.82) is 0 Å². The van der Waals surface area contributed by atoms with Crippen molar-refractivity contribution < 1.29 is 28.7 Å². The van der Waals surface area contributed by atoms with Crippen molar-refractivity contribution in [3.05, 3.63) is 65.2 Å². The van der Waals surface area contributed by atoms with Gasteiger partial charge in [0.05, 0.1) is 16.8 Å². The molecule has 1 atom stereocenters. The second-order valence-corrected chi connectivity index (χ2v) is 11.4. The molecular formula is C31H35N5O6. The molecule has 5 amide bonds. The molecule has 0 bridgehead atoms. The molecule has 3 fully saturated rings. The predicted molar refractivity (Wildman–Crippen MR) is 153 cm³/mol. The van der Waals surface area contributed by atoms with Crippen molar-refractivity contribution in [3.63, 3.8) is 0 Å². The van der Waals surface area contributed by atoms with Crippen LogP contribution >= 0.6 is 0 Å². The fourth-order valence-electron chi connectivity index (χ4n) is 6.41. The summed E-state index contributed by atoms with van der Waals surface area (Å²) in [5.41, 5.74) is 2.35. The van der Waals surface area contributed by atoms with Crippen molar-refractivity contribution in [2.24, 2.45) is 5.92 Å². The molecule has 0 saturated carbocycles. The molecule has 4 aliphatic rings. The number of carbonyl (C=O) groups excluding carboxylic acids is 5. The van der Waals surface area contributed by atoms with Gasteiger partial charge in [0.1, 0.15) is 12.6 Å². The van der Waals surface area contributed by atoms with Crippen LogP contribution in [0.1, 0.15) is 52.0 Å². The number of anilines is 1. The summed E-state index contributed by atoms with van der Waals surface area (Å²) in [6, 6.07) is 14.0. The third-order valence-electron chi connectivity index (χ3n) is 8.75. The minimum absolute atomic E-state index is 0.0948. The molecule has 0 aliphatic carbocycles. The number of benzene rings is 2. The molecule has 0 spiro atoms. The normalized spacial score (nSPS) is 21.9. The third-order valence-corrected chi connectivity index (χ3v) is 8.75. The predicted octanol–water partition coefficient (Wildman–Crippen LogP) is 2.26. The standard InChI is InChI=1S/C31H35N5O6/c37-26-10-9-25(28(38)32-26)36-29(39)23-7-4-8-24(27(23)30(36)40)34-13-11-21(12-14-34)19-33-15-17-35(18-16-33)31(41)42-20-22-5-2-1-3-6-22/h1-8,21,25H,9-20H2,(H,32,37,38). The quantitative estimate of drug-likeness (QED) is 0.523. The molecule has 3 saturated heterocycles. The Labute approximate surface area is 244 Å². The zero-order valence-corrected chi connectivity index (χ0v) is 23.5. The summed E-state index contributed by atoms with van der Waals surface area (Å²) in [6.45, 7) is 5.63. The zero-order chi connectivity index (χ0) is 29.2. The van der Waals surface area contributed by atoms with E-state index in [0.29, 0.717) is 30.1 Å². The molecule has 11 nitrogen and oxygen atoms in total. The molecule has 1 N–H and O–H groups in total. The highest BCUT2D eigenvalue weighted by molar-refractivity contribution is 6.25. The van der Waals surface area contributed by atoms with Gasteiger partial charge in [0.2, 0.25) is 11.8 Å². The van der Waals surface area contributed by atoms with Crippen LogP contribution in [0.25, 0.3) is 0 Å². The largest absolute Gasteiger partial charge is 0.445 e. The maximum Gasteiger partial charge on any atom is 0.410 e. The Morgan fingerprint density at radius 3 is 2.29 bits per heavy atom. The number of ether oxygens (including phenoxy) is 1. The summed E-state index contributed by atoms with van der Waals surface area (Å²) < 4.78 is 5.48. The molecule has 0 radical (unpaired) electrons. The second-order valence-electron chi connectivity index (χ2n) is 11.4. The molecule has 11 heteroatoms. The number of piperazine rings is 1. The van der Waals surface area contributed by atoms with Crippen molar-refractivity contribution in [2.75, 3.05) is 50.7 Å². The smallest absolute Gasteiger partial charge is 0.410 e. The maximum absolute atomic E-state index is 13.5. The van der Waals surface area contributed by atoms with E-state index in [-0.39, 0.29) is 31.4 Å². The lowest BCUT2D eigenvalue weighted by molar-refractivity contribution is -0.136. The first-order valence-corrected chi connectivity index (χ1v) is 14.7. The molecule has 1 unspecified atom stereocenters. The van der Waals surface area contributed by atoms with E-state index in [1.807, 2.05) is 36.4 Å². The molecule has 4 aliphatic heterocycles. The average Bonchev–Trinajstić information content (AvgIpc) is 3.26. The average molecular weight is 574 g/mol. The zero-order valence-electron chi connectivity index (χ0n) is 23.5. The lowest BCUT2D eigenvalue weighted by atomic mass is 9.94. The van der Waals surface area contributed by atoms with Gasteiger partial charge in [0, 0.05) is 52.2 Å². The van der Waals surface area contributed by atoms with Crippen molar-refractivity contribution in [3.8, 4) is 0 Å². The molecule has 42 heavy (non-hydrogen) atoms. The van der Waals surface area contributed by atoms with Gasteiger partial charge in [-0.1, -0.05) is 36.4 Å². The summed E-state index contributed by atoms with van der Waals surface area (Å²) in [4.78, 5) is 70.6. The number of fused-ring (bicyclic) bond motifs is 1. The number of hydrogen-bond acceptors (Lipinski definition) is 8. The van der Waals surface area contributed by atoms with Gasteiger partial charge >= 0.3 is 6.09 Å². The SMILES string of the molecule is O=C1CCC(N2C(=O)c3cccc(N4CCC(CN5CCN(C(=O)OCc6ccccc6)CC5)CC4)c3C2=O)C(=O)N1. The number of nitrogens with one attached hydrogen (secondary N) is 1. The Balaban J connectivity index is 1.00. The topological polar surface area (TPSA) is 120 Å². The van der Waals surface area contributed by atoms with Crippen LogP contribution in [0.5, 0.6) is 0 Å². The third kappa shape index (κ3) is 5.61. The number of imide groups is 2. The summed E-state index contributed by atoms with van der Waals surface area (Å²) in [7, 11) is 0. The van der Waals surface area contributed by atoms with E-state index in [1.54, 1.807) is 17.0 Å². The van der Waals surface area contributed by atoms with E-state index in [1.165, 1.54) is 0 Å². The Bertz CT molecular complexity index is 1380. The Hall–Kier alpha value is -4.25. The van der Waals surface area contributed by atoms with Gasteiger partial charge in [-0.3, -0.25) is 34.3 Å². The molecule has 2 aromatic carbocycles. The molecule has 2 aromatic rings. The van der Waals surface area contributed by atoms with E-state index < -0.39 is 23.8 Å². The van der Waals surface area contributed by atoms with Gasteiger partial charge in [0.15, 0.2) is 0 Å². The number of rotatable bonds is 6. The number of amides is 5. The molecule has 6 rings (SSSR count). The first kappa shape index (κ1) is 27.9. The molecular weight excluding hydrogens is 538 g/mol. The number of hydrogen-bond donors (Lipinski definition) is 1. The van der Waals surface area contributed by atoms with Gasteiger partial charge in [-0.2, -0.15) is 0 Å². The Kier molecular flexibility index (Phi) is 7.92. The van der Waals surface area contributed by atoms with Gasteiger partial charge in [-0.05, 0) is 42.9 Å². The number of nitrogens with zero attached hydrogens (tertiary/aromatic N) is 4. The van der Waals surface area contributed by atoms with Gasteiger partial charge in [-0.25, -0.2) is 4.79 Å². The molecule has 0 aromatic heterocycles. The fraction of sp³-hybridized carbons (Fsp3) is 0.452. The van der Waals surface area contributed by atoms with Crippen LogP contribution in [0.4, 0.5) is 10.5 Å². The van der Waals surface area contributed by atoms with Gasteiger partial charge < -0.3 is 14.5 Å². The van der Waals surface area contributed by atoms with Crippen LogP contribution in [0.3, 0.4) is 0 Å². The van der Waals surface area contributed by atoms with E-state index in [9.17, 15) is 24.0 Å². The van der Waals surface area contributed by atoms with Crippen LogP contribution in [-0.2, 0) is 20.9 Å². The minimum atomic E-state index is -0.972. The number of carbonyl (C=O) groups is 5.